The summed E-state index contributed by atoms with van der Waals surface area (Å²) in [5, 5.41) is 3.36. The molecule has 1 fully saturated rings. The molecule has 0 radical (unpaired) electrons. The molecular formula is C16H26BrN3. The second-order valence-electron chi connectivity index (χ2n) is 6.10. The van der Waals surface area contributed by atoms with Gasteiger partial charge in [0.15, 0.2) is 0 Å². The monoisotopic (exact) mass is 339 g/mol. The van der Waals surface area contributed by atoms with Gasteiger partial charge in [-0.1, -0.05) is 27.2 Å². The van der Waals surface area contributed by atoms with Crippen molar-refractivity contribution in [2.75, 3.05) is 11.9 Å². The number of anilines is 1. The zero-order valence-electron chi connectivity index (χ0n) is 13.0. The Morgan fingerprint density at radius 1 is 1.25 bits per heavy atom. The van der Waals surface area contributed by atoms with Crippen molar-refractivity contribution in [1.29, 1.82) is 0 Å². The highest BCUT2D eigenvalue weighted by atomic mass is 79.9. The van der Waals surface area contributed by atoms with Crippen LogP contribution in [0.4, 0.5) is 5.82 Å². The molecule has 0 saturated heterocycles. The highest BCUT2D eigenvalue weighted by Crippen LogP contribution is 2.40. The van der Waals surface area contributed by atoms with E-state index < -0.39 is 0 Å². The minimum atomic E-state index is 0.409. The summed E-state index contributed by atoms with van der Waals surface area (Å²) < 4.78 is 1.03. The van der Waals surface area contributed by atoms with Gasteiger partial charge >= 0.3 is 0 Å². The molecule has 0 amide bonds. The van der Waals surface area contributed by atoms with Gasteiger partial charge in [0.25, 0.3) is 0 Å². The molecule has 1 N–H and O–H groups in total. The van der Waals surface area contributed by atoms with Crippen molar-refractivity contribution in [3.05, 3.63) is 16.0 Å². The van der Waals surface area contributed by atoms with Crippen molar-refractivity contribution in [3.8, 4) is 0 Å². The van der Waals surface area contributed by atoms with Gasteiger partial charge in [-0.3, -0.25) is 0 Å². The van der Waals surface area contributed by atoms with E-state index >= 15 is 0 Å². The van der Waals surface area contributed by atoms with Crippen LogP contribution in [0.25, 0.3) is 0 Å². The van der Waals surface area contributed by atoms with E-state index in [2.05, 4.69) is 48.9 Å². The molecule has 1 saturated carbocycles. The van der Waals surface area contributed by atoms with Crippen molar-refractivity contribution in [3.63, 3.8) is 0 Å². The van der Waals surface area contributed by atoms with Crippen LogP contribution >= 0.6 is 15.9 Å². The minimum absolute atomic E-state index is 0.409. The molecule has 2 atom stereocenters. The average molecular weight is 340 g/mol. The fourth-order valence-corrected chi connectivity index (χ4v) is 3.79. The van der Waals surface area contributed by atoms with E-state index in [1.54, 1.807) is 0 Å². The van der Waals surface area contributed by atoms with Crippen molar-refractivity contribution >= 4 is 21.7 Å². The maximum Gasteiger partial charge on any atom is 0.144 e. The Hall–Kier alpha value is -0.640. The van der Waals surface area contributed by atoms with Gasteiger partial charge in [-0.05, 0) is 54.0 Å². The molecule has 0 bridgehead atoms. The molecule has 1 aliphatic carbocycles. The Morgan fingerprint density at radius 3 is 2.55 bits per heavy atom. The minimum Gasteiger partial charge on any atom is -0.369 e. The van der Waals surface area contributed by atoms with Crippen LogP contribution in [0.5, 0.6) is 0 Å². The van der Waals surface area contributed by atoms with E-state index in [0.717, 1.165) is 34.3 Å². The van der Waals surface area contributed by atoms with Crippen LogP contribution in [0.3, 0.4) is 0 Å². The van der Waals surface area contributed by atoms with Gasteiger partial charge in [0.05, 0.1) is 10.2 Å². The van der Waals surface area contributed by atoms with Crippen LogP contribution in [0.15, 0.2) is 4.47 Å². The topological polar surface area (TPSA) is 37.8 Å². The lowest BCUT2D eigenvalue weighted by atomic mass is 10.0. The normalized spacial score (nSPS) is 22.5. The van der Waals surface area contributed by atoms with Crippen molar-refractivity contribution in [2.45, 2.75) is 65.2 Å². The van der Waals surface area contributed by atoms with Gasteiger partial charge in [-0.15, -0.1) is 0 Å². The molecular weight excluding hydrogens is 314 g/mol. The van der Waals surface area contributed by atoms with E-state index in [9.17, 15) is 0 Å². The molecule has 112 valence electrons. The molecule has 1 aliphatic rings. The third-order valence-corrected chi connectivity index (χ3v) is 5.05. The molecule has 1 heterocycles. The summed E-state index contributed by atoms with van der Waals surface area (Å²) in [4.78, 5) is 9.65. The fourth-order valence-electron chi connectivity index (χ4n) is 3.01. The van der Waals surface area contributed by atoms with Crippen LogP contribution < -0.4 is 5.32 Å². The van der Waals surface area contributed by atoms with Gasteiger partial charge in [-0.25, -0.2) is 9.97 Å². The first-order chi connectivity index (χ1) is 9.56. The van der Waals surface area contributed by atoms with E-state index in [1.165, 1.54) is 25.7 Å². The molecule has 0 spiro atoms. The summed E-state index contributed by atoms with van der Waals surface area (Å²) in [6.07, 6.45) is 5.10. The van der Waals surface area contributed by atoms with Crippen molar-refractivity contribution in [1.82, 2.24) is 9.97 Å². The first-order valence-corrected chi connectivity index (χ1v) is 8.67. The highest BCUT2D eigenvalue weighted by molar-refractivity contribution is 9.10. The van der Waals surface area contributed by atoms with Crippen LogP contribution in [-0.4, -0.2) is 16.5 Å². The predicted molar refractivity (Wildman–Crippen MR) is 88.4 cm³/mol. The molecule has 3 nitrogen and oxygen atoms in total. The van der Waals surface area contributed by atoms with Gasteiger partial charge in [0.2, 0.25) is 0 Å². The van der Waals surface area contributed by atoms with Crippen LogP contribution in [0, 0.1) is 5.92 Å². The Morgan fingerprint density at radius 2 is 2.00 bits per heavy atom. The van der Waals surface area contributed by atoms with Gasteiger partial charge < -0.3 is 5.32 Å². The van der Waals surface area contributed by atoms with E-state index in [4.69, 9.17) is 9.97 Å². The number of rotatable bonds is 5. The lowest BCUT2D eigenvalue weighted by molar-refractivity contribution is 0.516. The standard InChI is InChI=1S/C16H26BrN3/c1-5-11-7-8-12(9-11)15-19-14(10(3)4)13(17)16(20-15)18-6-2/h10-12H,5-9H2,1-4H3,(H,18,19,20). The zero-order valence-corrected chi connectivity index (χ0v) is 14.6. The first-order valence-electron chi connectivity index (χ1n) is 7.87. The predicted octanol–water partition coefficient (Wildman–Crippen LogP) is 5.09. The summed E-state index contributed by atoms with van der Waals surface area (Å²) in [6, 6.07) is 0. The molecule has 2 rings (SSSR count). The number of hydrogen-bond donors (Lipinski definition) is 1. The summed E-state index contributed by atoms with van der Waals surface area (Å²) >= 11 is 3.66. The number of nitrogens with zero attached hydrogens (tertiary/aromatic N) is 2. The summed E-state index contributed by atoms with van der Waals surface area (Å²) in [6.45, 7) is 9.66. The van der Waals surface area contributed by atoms with E-state index in [0.29, 0.717) is 11.8 Å². The second-order valence-corrected chi connectivity index (χ2v) is 6.89. The van der Waals surface area contributed by atoms with Crippen LogP contribution in [0.1, 0.15) is 76.7 Å². The summed E-state index contributed by atoms with van der Waals surface area (Å²) in [5.41, 5.74) is 1.13. The smallest absolute Gasteiger partial charge is 0.144 e. The Bertz CT molecular complexity index is 459. The van der Waals surface area contributed by atoms with Gasteiger partial charge in [-0.2, -0.15) is 0 Å². The van der Waals surface area contributed by atoms with Gasteiger partial charge in [0, 0.05) is 12.5 Å². The van der Waals surface area contributed by atoms with Crippen LogP contribution in [-0.2, 0) is 0 Å². The molecule has 2 unspecified atom stereocenters. The Balaban J connectivity index is 2.33. The lowest BCUT2D eigenvalue weighted by Gasteiger charge is -2.17. The number of hydrogen-bond acceptors (Lipinski definition) is 3. The van der Waals surface area contributed by atoms with E-state index in [-0.39, 0.29) is 0 Å². The maximum atomic E-state index is 4.87. The second kappa shape index (κ2) is 6.88. The highest BCUT2D eigenvalue weighted by Gasteiger charge is 2.28. The number of aromatic nitrogens is 2. The number of halogens is 1. The zero-order chi connectivity index (χ0) is 14.7. The SMILES string of the molecule is CCNc1nc(C2CCC(CC)C2)nc(C(C)C)c1Br. The molecule has 0 aliphatic heterocycles. The molecule has 0 aromatic carbocycles. The molecule has 4 heteroatoms. The average Bonchev–Trinajstić information content (AvgIpc) is 2.89. The quantitative estimate of drug-likeness (QED) is 0.811. The van der Waals surface area contributed by atoms with Crippen molar-refractivity contribution < 1.29 is 0 Å². The Labute approximate surface area is 131 Å². The van der Waals surface area contributed by atoms with Gasteiger partial charge in [0.1, 0.15) is 11.6 Å². The first kappa shape index (κ1) is 15.7. The van der Waals surface area contributed by atoms with Crippen LogP contribution in [0.2, 0.25) is 0 Å². The fraction of sp³-hybridized carbons (Fsp3) is 0.750. The molecule has 20 heavy (non-hydrogen) atoms. The third kappa shape index (κ3) is 3.33. The maximum absolute atomic E-state index is 4.87. The Kier molecular flexibility index (Phi) is 5.42. The molecule has 1 aromatic heterocycles. The van der Waals surface area contributed by atoms with Crippen molar-refractivity contribution in [2.24, 2.45) is 5.92 Å². The summed E-state index contributed by atoms with van der Waals surface area (Å²) in [7, 11) is 0. The summed E-state index contributed by atoms with van der Waals surface area (Å²) in [5.74, 6) is 3.82. The number of nitrogens with one attached hydrogen (secondary N) is 1. The molecule has 1 aromatic rings. The largest absolute Gasteiger partial charge is 0.369 e. The van der Waals surface area contributed by atoms with E-state index in [1.807, 2.05) is 0 Å². The third-order valence-electron chi connectivity index (χ3n) is 4.27. The lowest BCUT2D eigenvalue weighted by Crippen LogP contribution is -2.11.